The van der Waals surface area contributed by atoms with Crippen molar-refractivity contribution in [1.82, 2.24) is 4.90 Å². The molecule has 1 rings (SSSR count). The van der Waals surface area contributed by atoms with Crippen LogP contribution in [0.15, 0.2) is 0 Å². The Kier molecular flexibility index (Phi) is 5.94. The van der Waals surface area contributed by atoms with E-state index in [4.69, 9.17) is 5.73 Å². The second kappa shape index (κ2) is 6.75. The summed E-state index contributed by atoms with van der Waals surface area (Å²) in [6, 6.07) is 0.810. The molecular formula is C15H32N2. The minimum absolute atomic E-state index is 0.256. The number of nitrogens with two attached hydrogens (primary N) is 1. The molecule has 1 saturated carbocycles. The topological polar surface area (TPSA) is 29.3 Å². The van der Waals surface area contributed by atoms with Gasteiger partial charge < -0.3 is 5.73 Å². The van der Waals surface area contributed by atoms with Crippen LogP contribution in [0.2, 0.25) is 0 Å². The lowest BCUT2D eigenvalue weighted by Gasteiger charge is -2.42. The van der Waals surface area contributed by atoms with E-state index in [0.717, 1.165) is 25.0 Å². The molecule has 0 amide bonds. The number of hydrogen-bond acceptors (Lipinski definition) is 2. The Labute approximate surface area is 108 Å². The summed E-state index contributed by atoms with van der Waals surface area (Å²) >= 11 is 0. The van der Waals surface area contributed by atoms with E-state index < -0.39 is 0 Å². The zero-order valence-corrected chi connectivity index (χ0v) is 12.3. The fraction of sp³-hybridized carbons (Fsp3) is 1.00. The Morgan fingerprint density at radius 2 is 1.82 bits per heavy atom. The molecular weight excluding hydrogens is 208 g/mol. The Morgan fingerprint density at radius 1 is 1.18 bits per heavy atom. The van der Waals surface area contributed by atoms with Gasteiger partial charge in [0.25, 0.3) is 0 Å². The molecule has 0 aliphatic heterocycles. The molecule has 2 unspecified atom stereocenters. The van der Waals surface area contributed by atoms with Crippen molar-refractivity contribution in [3.8, 4) is 0 Å². The maximum absolute atomic E-state index is 5.88. The first-order valence-electron chi connectivity index (χ1n) is 7.48. The molecule has 1 aliphatic carbocycles. The van der Waals surface area contributed by atoms with Gasteiger partial charge in [-0.05, 0) is 37.3 Å². The standard InChI is InChI=1S/C15H32N2/c1-5-13-9-7-8-10-14(13)17(6-2)12-15(3,4)11-16/h13-14H,5-12,16H2,1-4H3. The van der Waals surface area contributed by atoms with Crippen molar-refractivity contribution in [3.63, 3.8) is 0 Å². The minimum Gasteiger partial charge on any atom is -0.330 e. The molecule has 0 bridgehead atoms. The van der Waals surface area contributed by atoms with Gasteiger partial charge in [0.05, 0.1) is 0 Å². The average molecular weight is 240 g/mol. The first kappa shape index (κ1) is 15.0. The van der Waals surface area contributed by atoms with Gasteiger partial charge in [0.2, 0.25) is 0 Å². The van der Waals surface area contributed by atoms with Crippen molar-refractivity contribution in [2.75, 3.05) is 19.6 Å². The van der Waals surface area contributed by atoms with E-state index in [1.807, 2.05) is 0 Å². The van der Waals surface area contributed by atoms with E-state index in [0.29, 0.717) is 0 Å². The van der Waals surface area contributed by atoms with E-state index in [2.05, 4.69) is 32.6 Å². The summed E-state index contributed by atoms with van der Waals surface area (Å²) in [5.41, 5.74) is 6.14. The molecule has 0 aromatic heterocycles. The zero-order valence-electron chi connectivity index (χ0n) is 12.3. The summed E-state index contributed by atoms with van der Waals surface area (Å²) in [7, 11) is 0. The molecule has 0 radical (unpaired) electrons. The molecule has 1 fully saturated rings. The highest BCUT2D eigenvalue weighted by Crippen LogP contribution is 2.32. The number of hydrogen-bond donors (Lipinski definition) is 1. The summed E-state index contributed by atoms with van der Waals surface area (Å²) in [4.78, 5) is 2.69. The molecule has 1 aliphatic rings. The van der Waals surface area contributed by atoms with Crippen LogP contribution in [-0.2, 0) is 0 Å². The van der Waals surface area contributed by atoms with Crippen LogP contribution in [0.3, 0.4) is 0 Å². The van der Waals surface area contributed by atoms with Crippen LogP contribution in [0.5, 0.6) is 0 Å². The molecule has 2 atom stereocenters. The molecule has 2 N–H and O–H groups in total. The lowest BCUT2D eigenvalue weighted by atomic mass is 9.80. The summed E-state index contributed by atoms with van der Waals surface area (Å²) in [5.74, 6) is 0.914. The second-order valence-corrected chi connectivity index (χ2v) is 6.45. The summed E-state index contributed by atoms with van der Waals surface area (Å²) in [6.07, 6.45) is 7.02. The zero-order chi connectivity index (χ0) is 12.9. The van der Waals surface area contributed by atoms with E-state index in [9.17, 15) is 0 Å². The summed E-state index contributed by atoms with van der Waals surface area (Å²) in [5, 5.41) is 0. The Balaban J connectivity index is 2.64. The van der Waals surface area contributed by atoms with E-state index in [1.165, 1.54) is 38.6 Å². The second-order valence-electron chi connectivity index (χ2n) is 6.45. The normalized spacial score (nSPS) is 26.5. The van der Waals surface area contributed by atoms with Gasteiger partial charge in [0, 0.05) is 12.6 Å². The molecule has 0 spiro atoms. The summed E-state index contributed by atoms with van der Waals surface area (Å²) < 4.78 is 0. The molecule has 2 nitrogen and oxygen atoms in total. The molecule has 0 aromatic rings. The third-order valence-electron chi connectivity index (χ3n) is 4.45. The highest BCUT2D eigenvalue weighted by molar-refractivity contribution is 4.85. The van der Waals surface area contributed by atoms with Crippen molar-refractivity contribution >= 4 is 0 Å². The third kappa shape index (κ3) is 4.26. The monoisotopic (exact) mass is 240 g/mol. The number of nitrogens with zero attached hydrogens (tertiary/aromatic N) is 1. The highest BCUT2D eigenvalue weighted by Gasteiger charge is 2.31. The van der Waals surface area contributed by atoms with Crippen molar-refractivity contribution in [2.24, 2.45) is 17.1 Å². The Morgan fingerprint density at radius 3 is 2.35 bits per heavy atom. The molecule has 102 valence electrons. The van der Waals surface area contributed by atoms with Crippen molar-refractivity contribution < 1.29 is 0 Å². The first-order chi connectivity index (χ1) is 8.04. The Hall–Kier alpha value is -0.0800. The Bertz CT molecular complexity index is 213. The molecule has 17 heavy (non-hydrogen) atoms. The maximum atomic E-state index is 5.88. The molecule has 0 heterocycles. The van der Waals surface area contributed by atoms with E-state index in [-0.39, 0.29) is 5.41 Å². The van der Waals surface area contributed by atoms with Crippen LogP contribution < -0.4 is 5.73 Å². The molecule has 2 heteroatoms. The van der Waals surface area contributed by atoms with Crippen molar-refractivity contribution in [1.29, 1.82) is 0 Å². The largest absolute Gasteiger partial charge is 0.330 e. The van der Waals surface area contributed by atoms with Crippen LogP contribution in [0, 0.1) is 11.3 Å². The lowest BCUT2D eigenvalue weighted by Crippen LogP contribution is -2.48. The fourth-order valence-electron chi connectivity index (χ4n) is 3.22. The predicted octanol–water partition coefficient (Wildman–Crippen LogP) is 3.26. The van der Waals surface area contributed by atoms with Crippen molar-refractivity contribution in [2.45, 2.75) is 65.8 Å². The van der Waals surface area contributed by atoms with Gasteiger partial charge in [0.1, 0.15) is 0 Å². The highest BCUT2D eigenvalue weighted by atomic mass is 15.2. The summed E-state index contributed by atoms with van der Waals surface area (Å²) in [6.45, 7) is 12.3. The van der Waals surface area contributed by atoms with Gasteiger partial charge in [-0.1, -0.05) is 47.0 Å². The van der Waals surface area contributed by atoms with Crippen LogP contribution in [-0.4, -0.2) is 30.6 Å². The third-order valence-corrected chi connectivity index (χ3v) is 4.45. The SMILES string of the molecule is CCC1CCCCC1N(CC)CC(C)(C)CN. The maximum Gasteiger partial charge on any atom is 0.0123 e. The number of rotatable bonds is 6. The molecule has 0 aromatic carbocycles. The quantitative estimate of drug-likeness (QED) is 0.772. The predicted molar refractivity (Wildman–Crippen MR) is 76.1 cm³/mol. The van der Waals surface area contributed by atoms with Gasteiger partial charge in [-0.25, -0.2) is 0 Å². The van der Waals surface area contributed by atoms with Crippen LogP contribution in [0.25, 0.3) is 0 Å². The van der Waals surface area contributed by atoms with Gasteiger partial charge in [0.15, 0.2) is 0 Å². The van der Waals surface area contributed by atoms with Crippen LogP contribution >= 0.6 is 0 Å². The van der Waals surface area contributed by atoms with Crippen molar-refractivity contribution in [3.05, 3.63) is 0 Å². The smallest absolute Gasteiger partial charge is 0.0123 e. The lowest BCUT2D eigenvalue weighted by molar-refractivity contribution is 0.0718. The first-order valence-corrected chi connectivity index (χ1v) is 7.48. The minimum atomic E-state index is 0.256. The van der Waals surface area contributed by atoms with Gasteiger partial charge in [-0.15, -0.1) is 0 Å². The average Bonchev–Trinajstić information content (AvgIpc) is 2.36. The van der Waals surface area contributed by atoms with Gasteiger partial charge in [-0.2, -0.15) is 0 Å². The van der Waals surface area contributed by atoms with Crippen LogP contribution in [0.1, 0.15) is 59.8 Å². The fourth-order valence-corrected chi connectivity index (χ4v) is 3.22. The molecule has 0 saturated heterocycles. The van der Waals surface area contributed by atoms with Gasteiger partial charge in [-0.3, -0.25) is 4.90 Å². The van der Waals surface area contributed by atoms with Crippen LogP contribution in [0.4, 0.5) is 0 Å². The van der Waals surface area contributed by atoms with Gasteiger partial charge >= 0.3 is 0 Å². The van der Waals surface area contributed by atoms with E-state index >= 15 is 0 Å². The van der Waals surface area contributed by atoms with E-state index in [1.54, 1.807) is 0 Å².